The molecule has 0 aliphatic rings. The Morgan fingerprint density at radius 1 is 0.441 bits per heavy atom. The number of aromatic nitrogens is 4. The Balaban J connectivity index is 1.52. The van der Waals surface area contributed by atoms with E-state index in [0.29, 0.717) is 11.4 Å². The van der Waals surface area contributed by atoms with E-state index in [4.69, 9.17) is 9.97 Å². The van der Waals surface area contributed by atoms with Crippen LogP contribution in [0.5, 0.6) is 0 Å². The molecule has 4 heteroatoms. The van der Waals surface area contributed by atoms with Gasteiger partial charge < -0.3 is 0 Å². The van der Waals surface area contributed by atoms with Gasteiger partial charge in [-0.05, 0) is 60.4 Å². The third kappa shape index (κ3) is 3.60. The van der Waals surface area contributed by atoms with Gasteiger partial charge in [0.2, 0.25) is 0 Å². The second-order valence-corrected chi connectivity index (χ2v) is 7.71. The van der Waals surface area contributed by atoms with E-state index in [0.717, 1.165) is 33.8 Å². The van der Waals surface area contributed by atoms with E-state index in [1.54, 1.807) is 0 Å². The van der Waals surface area contributed by atoms with Gasteiger partial charge in [0, 0.05) is 23.5 Å². The summed E-state index contributed by atoms with van der Waals surface area (Å²) in [4.78, 5) is 9.83. The Bertz CT molecular complexity index is 1620. The number of hydrogen-bond acceptors (Lipinski definition) is 2. The average molecular weight is 435 g/mol. The Kier molecular flexibility index (Phi) is 4.88. The fraction of sp³-hybridized carbons (Fsp3) is 0. The molecule has 6 rings (SSSR count). The summed E-state index contributed by atoms with van der Waals surface area (Å²) in [5.74, 6) is 14.4. The Hall–Kier alpha value is -5.06. The average Bonchev–Trinajstić information content (AvgIpc) is 3.46. The highest BCUT2D eigenvalue weighted by atomic mass is 15.1. The van der Waals surface area contributed by atoms with E-state index in [2.05, 4.69) is 23.7 Å². The first-order chi connectivity index (χ1) is 16.9. The molecule has 0 N–H and O–H groups in total. The summed E-state index contributed by atoms with van der Waals surface area (Å²) in [7, 11) is 0. The predicted molar refractivity (Wildman–Crippen MR) is 134 cm³/mol. The Morgan fingerprint density at radius 2 is 0.853 bits per heavy atom. The molecule has 0 unspecified atom stereocenters. The van der Waals surface area contributed by atoms with Gasteiger partial charge in [-0.1, -0.05) is 60.4 Å². The van der Waals surface area contributed by atoms with Crippen molar-refractivity contribution >= 4 is 11.0 Å². The first kappa shape index (κ1) is 19.6. The van der Waals surface area contributed by atoms with Crippen molar-refractivity contribution in [2.75, 3.05) is 0 Å². The van der Waals surface area contributed by atoms with Gasteiger partial charge in [0.05, 0.1) is 11.0 Å². The van der Waals surface area contributed by atoms with Gasteiger partial charge >= 0.3 is 0 Å². The molecule has 0 spiro atoms. The van der Waals surface area contributed by atoms with Crippen LogP contribution in [0.4, 0.5) is 0 Å². The summed E-state index contributed by atoms with van der Waals surface area (Å²) in [6, 6.07) is 31.9. The lowest BCUT2D eigenvalue weighted by atomic mass is 10.2. The fourth-order valence-electron chi connectivity index (χ4n) is 3.88. The van der Waals surface area contributed by atoms with E-state index in [1.807, 2.05) is 118 Å². The molecule has 0 atom stereocenters. The number of nitrogens with zero attached hydrogens (tertiary/aromatic N) is 4. The van der Waals surface area contributed by atoms with Crippen LogP contribution >= 0.6 is 0 Å². The van der Waals surface area contributed by atoms with Crippen molar-refractivity contribution in [3.63, 3.8) is 0 Å². The molecule has 0 fully saturated rings. The number of imidazole rings is 2. The van der Waals surface area contributed by atoms with Gasteiger partial charge in [0.1, 0.15) is 11.4 Å². The van der Waals surface area contributed by atoms with Crippen LogP contribution in [0.3, 0.4) is 0 Å². The molecule has 4 aromatic heterocycles. The number of fused-ring (bicyclic) bond motifs is 2. The Labute approximate surface area is 197 Å². The lowest BCUT2D eigenvalue weighted by Gasteiger charge is -2.00. The molecule has 0 amide bonds. The summed E-state index contributed by atoms with van der Waals surface area (Å²) >= 11 is 0. The van der Waals surface area contributed by atoms with Gasteiger partial charge in [-0.15, -0.1) is 0 Å². The van der Waals surface area contributed by atoms with E-state index < -0.39 is 0 Å². The molecule has 0 radical (unpaired) electrons. The van der Waals surface area contributed by atoms with E-state index in [-0.39, 0.29) is 0 Å². The smallest absolute Gasteiger partial charge is 0.182 e. The van der Waals surface area contributed by atoms with E-state index >= 15 is 0 Å². The zero-order valence-corrected chi connectivity index (χ0v) is 18.2. The van der Waals surface area contributed by atoms with E-state index in [1.165, 1.54) is 0 Å². The lowest BCUT2D eigenvalue weighted by molar-refractivity contribution is 1.07. The maximum atomic E-state index is 4.91. The molecule has 0 saturated carbocycles. The minimum absolute atomic E-state index is 0.712. The van der Waals surface area contributed by atoms with Crippen LogP contribution in [0.2, 0.25) is 0 Å². The van der Waals surface area contributed by atoms with Crippen LogP contribution in [0.15, 0.2) is 109 Å². The van der Waals surface area contributed by atoms with Gasteiger partial charge in [0.25, 0.3) is 0 Å². The molecule has 158 valence electrons. The minimum atomic E-state index is 0.712. The molecule has 2 aromatic carbocycles. The highest BCUT2D eigenvalue weighted by molar-refractivity contribution is 5.71. The molecule has 0 saturated heterocycles. The van der Waals surface area contributed by atoms with Crippen molar-refractivity contribution < 1.29 is 0 Å². The first-order valence-electron chi connectivity index (χ1n) is 11.0. The maximum absolute atomic E-state index is 4.91. The second kappa shape index (κ2) is 8.47. The number of rotatable bonds is 1. The van der Waals surface area contributed by atoms with Crippen molar-refractivity contribution in [3.05, 3.63) is 132 Å². The van der Waals surface area contributed by atoms with Crippen LogP contribution in [0.25, 0.3) is 22.7 Å². The highest BCUT2D eigenvalue weighted by Crippen LogP contribution is 2.24. The maximum Gasteiger partial charge on any atom is 0.182 e. The molecule has 4 nitrogen and oxygen atoms in total. The van der Waals surface area contributed by atoms with Crippen LogP contribution in [0.1, 0.15) is 22.5 Å². The lowest BCUT2D eigenvalue weighted by Crippen LogP contribution is -1.94. The zero-order valence-electron chi connectivity index (χ0n) is 18.2. The molecule has 6 aromatic rings. The van der Waals surface area contributed by atoms with Crippen LogP contribution < -0.4 is 0 Å². The van der Waals surface area contributed by atoms with Crippen molar-refractivity contribution in [2.45, 2.75) is 0 Å². The molecule has 34 heavy (non-hydrogen) atoms. The zero-order chi connectivity index (χ0) is 22.7. The molecule has 0 aliphatic carbocycles. The summed E-state index contributed by atoms with van der Waals surface area (Å²) in [5, 5.41) is 0. The highest BCUT2D eigenvalue weighted by Gasteiger charge is 2.18. The molecule has 4 heterocycles. The third-order valence-electron chi connectivity index (χ3n) is 5.49. The minimum Gasteiger partial charge on any atom is -0.296 e. The first-order valence-corrected chi connectivity index (χ1v) is 11.0. The fourth-order valence-corrected chi connectivity index (χ4v) is 3.88. The number of pyridine rings is 2. The SMILES string of the molecule is C(#Cc1nc(-c2nc(C#Cc3ccccc3)c3ccccn23)n2ccccc12)c1ccccc1. The topological polar surface area (TPSA) is 34.6 Å². The van der Waals surface area contributed by atoms with Crippen LogP contribution in [0, 0.1) is 23.7 Å². The van der Waals surface area contributed by atoms with Gasteiger partial charge in [0.15, 0.2) is 11.6 Å². The van der Waals surface area contributed by atoms with Gasteiger partial charge in [-0.25, -0.2) is 9.97 Å². The quantitative estimate of drug-likeness (QED) is 0.323. The van der Waals surface area contributed by atoms with Crippen molar-refractivity contribution in [1.29, 1.82) is 0 Å². The van der Waals surface area contributed by atoms with Crippen molar-refractivity contribution in [2.24, 2.45) is 0 Å². The van der Waals surface area contributed by atoms with Gasteiger partial charge in [-0.3, -0.25) is 8.80 Å². The summed E-state index contributed by atoms with van der Waals surface area (Å²) in [5.41, 5.74) is 5.20. The second-order valence-electron chi connectivity index (χ2n) is 7.71. The summed E-state index contributed by atoms with van der Waals surface area (Å²) in [6.45, 7) is 0. The third-order valence-corrected chi connectivity index (χ3v) is 5.49. The summed E-state index contributed by atoms with van der Waals surface area (Å²) < 4.78 is 4.07. The molecular weight excluding hydrogens is 416 g/mol. The monoisotopic (exact) mass is 434 g/mol. The normalized spacial score (nSPS) is 10.5. The number of benzene rings is 2. The molecular formula is C30H18N4. The molecule has 0 bridgehead atoms. The van der Waals surface area contributed by atoms with Crippen molar-refractivity contribution in [3.8, 4) is 35.3 Å². The standard InChI is InChI=1S/C30H18N4/c1-3-11-23(12-4-1)17-19-25-27-15-7-9-21-33(27)29(31-25)30-32-26(28-16-8-10-22-34(28)30)20-18-24-13-5-2-6-14-24/h1-16,21-22H. The predicted octanol–water partition coefficient (Wildman–Crippen LogP) is 5.45. The number of hydrogen-bond donors (Lipinski definition) is 0. The Morgan fingerprint density at radius 3 is 1.29 bits per heavy atom. The van der Waals surface area contributed by atoms with Crippen molar-refractivity contribution in [1.82, 2.24) is 18.8 Å². The molecule has 0 aliphatic heterocycles. The summed E-state index contributed by atoms with van der Waals surface area (Å²) in [6.07, 6.45) is 3.98. The van der Waals surface area contributed by atoms with Crippen LogP contribution in [-0.2, 0) is 0 Å². The van der Waals surface area contributed by atoms with Crippen LogP contribution in [-0.4, -0.2) is 18.8 Å². The van der Waals surface area contributed by atoms with E-state index in [9.17, 15) is 0 Å². The van der Waals surface area contributed by atoms with Gasteiger partial charge in [-0.2, -0.15) is 0 Å². The largest absolute Gasteiger partial charge is 0.296 e.